The van der Waals surface area contributed by atoms with Crippen molar-refractivity contribution in [3.8, 4) is 0 Å². The molecule has 1 aromatic carbocycles. The van der Waals surface area contributed by atoms with Gasteiger partial charge < -0.3 is 4.74 Å². The number of hydrogen-bond acceptors (Lipinski definition) is 3. The molecule has 0 saturated carbocycles. The van der Waals surface area contributed by atoms with E-state index in [1.54, 1.807) is 6.92 Å². The number of fused-ring (bicyclic) bond motifs is 1. The maximum atomic E-state index is 11.9. The topological polar surface area (TPSA) is 39.2 Å². The van der Waals surface area contributed by atoms with Gasteiger partial charge in [0.15, 0.2) is 5.69 Å². The first-order valence-electron chi connectivity index (χ1n) is 6.32. The van der Waals surface area contributed by atoms with E-state index >= 15 is 0 Å². The maximum Gasteiger partial charge on any atom is 0.357 e. The Labute approximate surface area is 107 Å². The van der Waals surface area contributed by atoms with Gasteiger partial charge in [-0.25, -0.2) is 9.78 Å². The molecule has 0 radical (unpaired) electrons. The van der Waals surface area contributed by atoms with Gasteiger partial charge in [-0.05, 0) is 24.8 Å². The summed E-state index contributed by atoms with van der Waals surface area (Å²) in [5.74, 6) is -0.341. The summed E-state index contributed by atoms with van der Waals surface area (Å²) in [5, 5.41) is 1.90. The Balaban J connectivity index is 2.56. The van der Waals surface area contributed by atoms with Crippen molar-refractivity contribution in [2.45, 2.75) is 26.7 Å². The number of aryl methyl sites for hydroxylation is 1. The van der Waals surface area contributed by atoms with E-state index in [1.807, 2.05) is 30.3 Å². The molecule has 0 fully saturated rings. The van der Waals surface area contributed by atoms with Crippen LogP contribution in [0.1, 0.15) is 36.5 Å². The standard InChI is InChI=1S/C15H17NO2/c1-3-7-12-10-11-8-5-6-9-13(11)14(16-12)15(17)18-4-2/h5-6,8-10H,3-4,7H2,1-2H3. The average Bonchev–Trinajstić information content (AvgIpc) is 2.38. The van der Waals surface area contributed by atoms with Crippen molar-refractivity contribution in [3.05, 3.63) is 41.7 Å². The molecule has 0 aliphatic rings. The molecule has 94 valence electrons. The van der Waals surface area contributed by atoms with Crippen LogP contribution < -0.4 is 0 Å². The lowest BCUT2D eigenvalue weighted by molar-refractivity contribution is 0.0522. The predicted octanol–water partition coefficient (Wildman–Crippen LogP) is 3.36. The Morgan fingerprint density at radius 3 is 2.78 bits per heavy atom. The summed E-state index contributed by atoms with van der Waals surface area (Å²) in [5.41, 5.74) is 1.37. The smallest absolute Gasteiger partial charge is 0.357 e. The zero-order valence-corrected chi connectivity index (χ0v) is 10.8. The number of pyridine rings is 1. The first kappa shape index (κ1) is 12.6. The molecule has 0 atom stereocenters. The number of aromatic nitrogens is 1. The second kappa shape index (κ2) is 5.63. The third-order valence-electron chi connectivity index (χ3n) is 2.77. The van der Waals surface area contributed by atoms with Gasteiger partial charge in [0.05, 0.1) is 6.61 Å². The van der Waals surface area contributed by atoms with Gasteiger partial charge in [-0.15, -0.1) is 0 Å². The third-order valence-corrected chi connectivity index (χ3v) is 2.77. The summed E-state index contributed by atoms with van der Waals surface area (Å²) in [7, 11) is 0. The summed E-state index contributed by atoms with van der Waals surface area (Å²) in [4.78, 5) is 16.4. The lowest BCUT2D eigenvalue weighted by Gasteiger charge is -2.08. The Morgan fingerprint density at radius 1 is 1.28 bits per heavy atom. The molecule has 0 bridgehead atoms. The van der Waals surface area contributed by atoms with Gasteiger partial charge in [0.1, 0.15) is 0 Å². The van der Waals surface area contributed by atoms with E-state index in [4.69, 9.17) is 4.74 Å². The van der Waals surface area contributed by atoms with E-state index in [0.29, 0.717) is 12.3 Å². The normalized spacial score (nSPS) is 10.6. The van der Waals surface area contributed by atoms with Crippen LogP contribution in [0, 0.1) is 0 Å². The molecular weight excluding hydrogens is 226 g/mol. The minimum Gasteiger partial charge on any atom is -0.461 e. The molecule has 3 heteroatoms. The fraction of sp³-hybridized carbons (Fsp3) is 0.333. The molecular formula is C15H17NO2. The van der Waals surface area contributed by atoms with Gasteiger partial charge in [0, 0.05) is 11.1 Å². The highest BCUT2D eigenvalue weighted by atomic mass is 16.5. The number of rotatable bonds is 4. The maximum absolute atomic E-state index is 11.9. The molecule has 1 heterocycles. The highest BCUT2D eigenvalue weighted by Gasteiger charge is 2.14. The molecule has 0 aliphatic heterocycles. The fourth-order valence-corrected chi connectivity index (χ4v) is 1.99. The lowest BCUT2D eigenvalue weighted by Crippen LogP contribution is -2.09. The van der Waals surface area contributed by atoms with Crippen LogP contribution in [0.5, 0.6) is 0 Å². The van der Waals surface area contributed by atoms with Gasteiger partial charge in [-0.3, -0.25) is 0 Å². The van der Waals surface area contributed by atoms with Gasteiger partial charge >= 0.3 is 5.97 Å². The van der Waals surface area contributed by atoms with Gasteiger partial charge in [-0.1, -0.05) is 37.6 Å². The molecule has 0 spiro atoms. The van der Waals surface area contributed by atoms with Gasteiger partial charge in [-0.2, -0.15) is 0 Å². The molecule has 1 aromatic heterocycles. The summed E-state index contributed by atoms with van der Waals surface area (Å²) >= 11 is 0. The van der Waals surface area contributed by atoms with Crippen LogP contribution in [0.25, 0.3) is 10.8 Å². The van der Waals surface area contributed by atoms with Gasteiger partial charge in [0.25, 0.3) is 0 Å². The van der Waals surface area contributed by atoms with E-state index in [0.717, 1.165) is 29.3 Å². The molecule has 18 heavy (non-hydrogen) atoms. The van der Waals surface area contributed by atoms with Crippen LogP contribution in [-0.2, 0) is 11.2 Å². The first-order chi connectivity index (χ1) is 8.76. The minimum absolute atomic E-state index is 0.341. The third kappa shape index (κ3) is 2.50. The molecule has 0 unspecified atom stereocenters. The number of ether oxygens (including phenoxy) is 1. The zero-order valence-electron chi connectivity index (χ0n) is 10.8. The molecule has 3 nitrogen and oxygen atoms in total. The average molecular weight is 243 g/mol. The number of benzene rings is 1. The number of esters is 1. The van der Waals surface area contributed by atoms with Crippen molar-refractivity contribution < 1.29 is 9.53 Å². The summed E-state index contributed by atoms with van der Waals surface area (Å²) < 4.78 is 5.07. The first-order valence-corrected chi connectivity index (χ1v) is 6.32. The van der Waals surface area contributed by atoms with Crippen LogP contribution in [0.4, 0.5) is 0 Å². The van der Waals surface area contributed by atoms with E-state index < -0.39 is 0 Å². The predicted molar refractivity (Wildman–Crippen MR) is 71.7 cm³/mol. The van der Waals surface area contributed by atoms with E-state index in [-0.39, 0.29) is 5.97 Å². The minimum atomic E-state index is -0.341. The largest absolute Gasteiger partial charge is 0.461 e. The second-order valence-corrected chi connectivity index (χ2v) is 4.15. The van der Waals surface area contributed by atoms with E-state index in [1.165, 1.54) is 0 Å². The molecule has 2 rings (SSSR count). The highest BCUT2D eigenvalue weighted by Crippen LogP contribution is 2.20. The molecule has 0 N–H and O–H groups in total. The van der Waals surface area contributed by atoms with E-state index in [9.17, 15) is 4.79 Å². The van der Waals surface area contributed by atoms with Crippen LogP contribution in [0.3, 0.4) is 0 Å². The Kier molecular flexibility index (Phi) is 3.92. The summed E-state index contributed by atoms with van der Waals surface area (Å²) in [6.07, 6.45) is 1.88. The number of hydrogen-bond donors (Lipinski definition) is 0. The lowest BCUT2D eigenvalue weighted by atomic mass is 10.1. The summed E-state index contributed by atoms with van der Waals surface area (Å²) in [6.45, 7) is 4.27. The number of carbonyl (C=O) groups is 1. The van der Waals surface area contributed by atoms with Crippen molar-refractivity contribution in [2.75, 3.05) is 6.61 Å². The van der Waals surface area contributed by atoms with Crippen LogP contribution >= 0.6 is 0 Å². The van der Waals surface area contributed by atoms with Crippen molar-refractivity contribution in [3.63, 3.8) is 0 Å². The van der Waals surface area contributed by atoms with Crippen molar-refractivity contribution in [2.24, 2.45) is 0 Å². The molecule has 0 saturated heterocycles. The van der Waals surface area contributed by atoms with Crippen LogP contribution in [-0.4, -0.2) is 17.6 Å². The summed E-state index contributed by atoms with van der Waals surface area (Å²) in [6, 6.07) is 9.82. The van der Waals surface area contributed by atoms with Crippen molar-refractivity contribution >= 4 is 16.7 Å². The van der Waals surface area contributed by atoms with Gasteiger partial charge in [0.2, 0.25) is 0 Å². The van der Waals surface area contributed by atoms with Crippen LogP contribution in [0.2, 0.25) is 0 Å². The number of nitrogens with zero attached hydrogens (tertiary/aromatic N) is 1. The van der Waals surface area contributed by atoms with Crippen molar-refractivity contribution in [1.29, 1.82) is 0 Å². The fourth-order valence-electron chi connectivity index (χ4n) is 1.99. The SMILES string of the molecule is CCCc1cc2ccccc2c(C(=O)OCC)n1. The molecule has 0 amide bonds. The molecule has 2 aromatic rings. The quantitative estimate of drug-likeness (QED) is 0.773. The highest BCUT2D eigenvalue weighted by molar-refractivity contribution is 6.02. The Bertz CT molecular complexity index is 563. The van der Waals surface area contributed by atoms with Crippen LogP contribution in [0.15, 0.2) is 30.3 Å². The monoisotopic (exact) mass is 243 g/mol. The van der Waals surface area contributed by atoms with E-state index in [2.05, 4.69) is 11.9 Å². The second-order valence-electron chi connectivity index (χ2n) is 4.15. The number of carbonyl (C=O) groups excluding carboxylic acids is 1. The van der Waals surface area contributed by atoms with Crippen molar-refractivity contribution in [1.82, 2.24) is 4.98 Å². The Morgan fingerprint density at radius 2 is 2.06 bits per heavy atom. The molecule has 0 aliphatic carbocycles. The zero-order chi connectivity index (χ0) is 13.0. The Hall–Kier alpha value is -1.90.